The van der Waals surface area contributed by atoms with Gasteiger partial charge in [0.05, 0.1) is 12.6 Å². The van der Waals surface area contributed by atoms with Gasteiger partial charge in [0.25, 0.3) is 5.91 Å². The highest BCUT2D eigenvalue weighted by atomic mass is 16.6. The monoisotopic (exact) mass is 738 g/mol. The summed E-state index contributed by atoms with van der Waals surface area (Å²) in [6.45, 7) is 7.20. The number of aromatic nitrogens is 1. The van der Waals surface area contributed by atoms with Crippen LogP contribution in [0.25, 0.3) is 10.9 Å². The van der Waals surface area contributed by atoms with Crippen LogP contribution in [-0.2, 0) is 14.3 Å². The number of nitrogens with one attached hydrogen (secondary N) is 2. The number of methoxy groups -OCH3 is 1. The quantitative estimate of drug-likeness (QED) is 0.123. The van der Waals surface area contributed by atoms with Crippen LogP contribution in [0.15, 0.2) is 79.0 Å². The fourth-order valence-corrected chi connectivity index (χ4v) is 6.83. The molecule has 2 N–H and O–H groups in total. The Balaban J connectivity index is 1.08. The smallest absolute Gasteiger partial charge is 0.408 e. The van der Waals surface area contributed by atoms with Gasteiger partial charge in [-0.2, -0.15) is 0 Å². The summed E-state index contributed by atoms with van der Waals surface area (Å²) in [4.78, 5) is 45.3. The van der Waals surface area contributed by atoms with Crippen molar-refractivity contribution in [3.63, 3.8) is 0 Å². The molecule has 4 aromatic rings. The molecule has 2 heterocycles. The summed E-state index contributed by atoms with van der Waals surface area (Å²) < 4.78 is 29.6. The van der Waals surface area contributed by atoms with E-state index in [-0.39, 0.29) is 18.1 Å². The number of pyridine rings is 1. The Morgan fingerprint density at radius 1 is 0.907 bits per heavy atom. The molecule has 54 heavy (non-hydrogen) atoms. The Labute approximate surface area is 316 Å². The lowest BCUT2D eigenvalue weighted by Crippen LogP contribution is -2.47. The van der Waals surface area contributed by atoms with Crippen molar-refractivity contribution >= 4 is 34.6 Å². The normalized spacial score (nSPS) is 16.8. The maximum atomic E-state index is 13.2. The van der Waals surface area contributed by atoms with E-state index in [0.717, 1.165) is 50.5 Å². The fraction of sp³-hybridized carbons (Fsp3) is 0.429. The Bertz CT molecular complexity index is 1890. The Hall–Kier alpha value is -5.36. The van der Waals surface area contributed by atoms with E-state index < -0.39 is 23.7 Å². The van der Waals surface area contributed by atoms with Gasteiger partial charge in [0.1, 0.15) is 35.9 Å². The summed E-state index contributed by atoms with van der Waals surface area (Å²) in [6.07, 6.45) is 7.03. The zero-order valence-corrected chi connectivity index (χ0v) is 31.5. The van der Waals surface area contributed by atoms with Crippen LogP contribution in [0.1, 0.15) is 76.1 Å². The maximum absolute atomic E-state index is 13.2. The molecular formula is C42H50N4O8. The zero-order chi connectivity index (χ0) is 38.1. The minimum atomic E-state index is -0.816. The van der Waals surface area contributed by atoms with Crippen molar-refractivity contribution in [3.05, 3.63) is 84.6 Å². The lowest BCUT2D eigenvalue weighted by molar-refractivity contribution is -0.151. The summed E-state index contributed by atoms with van der Waals surface area (Å²) in [5.74, 6) is 1.68. The minimum Gasteiger partial charge on any atom is -0.493 e. The third kappa shape index (κ3) is 10.4. The number of rotatable bonds is 14. The van der Waals surface area contributed by atoms with Gasteiger partial charge < -0.3 is 34.3 Å². The van der Waals surface area contributed by atoms with Crippen LogP contribution in [0, 0.1) is 0 Å². The number of esters is 1. The number of alkyl carbamates (subject to hydrolysis) is 1. The van der Waals surface area contributed by atoms with E-state index in [1.54, 1.807) is 76.5 Å². The van der Waals surface area contributed by atoms with E-state index in [4.69, 9.17) is 23.7 Å². The molecule has 0 spiro atoms. The third-order valence-electron chi connectivity index (χ3n) is 9.56. The number of anilines is 1. The number of hydrogen-bond donors (Lipinski definition) is 2. The summed E-state index contributed by atoms with van der Waals surface area (Å²) >= 11 is 0. The number of amides is 2. The first-order valence-electron chi connectivity index (χ1n) is 18.7. The first kappa shape index (κ1) is 38.4. The molecule has 1 aliphatic carbocycles. The third-order valence-corrected chi connectivity index (χ3v) is 9.56. The van der Waals surface area contributed by atoms with Crippen LogP contribution in [0.3, 0.4) is 0 Å². The topological polar surface area (TPSA) is 138 Å². The van der Waals surface area contributed by atoms with Crippen molar-refractivity contribution in [2.45, 2.75) is 89.5 Å². The van der Waals surface area contributed by atoms with Crippen molar-refractivity contribution in [2.75, 3.05) is 32.1 Å². The highest BCUT2D eigenvalue weighted by Crippen LogP contribution is 2.38. The molecular weight excluding hydrogens is 688 g/mol. The van der Waals surface area contributed by atoms with E-state index in [9.17, 15) is 14.4 Å². The number of carbonyl (C=O) groups excluding carboxylic acids is 3. The summed E-state index contributed by atoms with van der Waals surface area (Å²) in [5.41, 5.74) is 1.22. The molecule has 1 saturated carbocycles. The summed E-state index contributed by atoms with van der Waals surface area (Å²) in [6, 6.07) is 21.0. The molecule has 1 saturated heterocycles. The fourth-order valence-electron chi connectivity index (χ4n) is 6.83. The molecule has 12 heteroatoms. The number of likely N-dealkylation sites (tertiary alicyclic amines) is 1. The van der Waals surface area contributed by atoms with Crippen molar-refractivity contribution in [2.24, 2.45) is 0 Å². The van der Waals surface area contributed by atoms with E-state index in [1.165, 1.54) is 0 Å². The lowest BCUT2D eigenvalue weighted by Gasteiger charge is -2.28. The molecule has 0 radical (unpaired) electrons. The highest BCUT2D eigenvalue weighted by Gasteiger charge is 2.32. The average molecular weight is 739 g/mol. The largest absolute Gasteiger partial charge is 0.493 e. The number of hydrogen-bond acceptors (Lipinski definition) is 10. The molecule has 1 aromatic heterocycles. The molecule has 2 amide bonds. The van der Waals surface area contributed by atoms with Crippen molar-refractivity contribution < 1.29 is 38.1 Å². The predicted molar refractivity (Wildman–Crippen MR) is 205 cm³/mol. The van der Waals surface area contributed by atoms with Gasteiger partial charge in [-0.15, -0.1) is 0 Å². The van der Waals surface area contributed by atoms with Crippen LogP contribution in [0.2, 0.25) is 0 Å². The Morgan fingerprint density at radius 3 is 2.39 bits per heavy atom. The van der Waals surface area contributed by atoms with E-state index in [1.807, 2.05) is 30.3 Å². The van der Waals surface area contributed by atoms with E-state index in [2.05, 4.69) is 20.5 Å². The molecule has 286 valence electrons. The van der Waals surface area contributed by atoms with Gasteiger partial charge in [0.15, 0.2) is 11.5 Å². The van der Waals surface area contributed by atoms with Crippen LogP contribution in [-0.4, -0.2) is 78.4 Å². The molecule has 2 atom stereocenters. The number of ether oxygens (including phenoxy) is 5. The first-order chi connectivity index (χ1) is 26.0. The van der Waals surface area contributed by atoms with Crippen molar-refractivity contribution in [3.8, 4) is 23.0 Å². The van der Waals surface area contributed by atoms with Crippen molar-refractivity contribution in [1.29, 1.82) is 0 Å². The van der Waals surface area contributed by atoms with Gasteiger partial charge in [-0.3, -0.25) is 14.7 Å². The average Bonchev–Trinajstić information content (AvgIpc) is 3.84. The van der Waals surface area contributed by atoms with Crippen LogP contribution < -0.4 is 24.8 Å². The second kappa shape index (κ2) is 17.6. The van der Waals surface area contributed by atoms with Crippen LogP contribution in [0.4, 0.5) is 10.5 Å². The molecule has 6 rings (SSSR count). The molecule has 2 fully saturated rings. The van der Waals surface area contributed by atoms with Gasteiger partial charge in [-0.1, -0.05) is 18.2 Å². The molecule has 0 bridgehead atoms. The van der Waals surface area contributed by atoms with Crippen LogP contribution >= 0.6 is 0 Å². The Kier molecular flexibility index (Phi) is 12.5. The highest BCUT2D eigenvalue weighted by molar-refractivity contribution is 6.04. The second-order valence-electron chi connectivity index (χ2n) is 14.7. The molecule has 3 aromatic carbocycles. The molecule has 0 unspecified atom stereocenters. The van der Waals surface area contributed by atoms with Crippen molar-refractivity contribution in [1.82, 2.24) is 15.2 Å². The first-order valence-corrected chi connectivity index (χ1v) is 18.7. The van der Waals surface area contributed by atoms with Gasteiger partial charge in [0, 0.05) is 41.5 Å². The second-order valence-corrected chi connectivity index (χ2v) is 14.7. The molecule has 12 nitrogen and oxygen atoms in total. The van der Waals surface area contributed by atoms with Crippen LogP contribution in [0.5, 0.6) is 23.0 Å². The van der Waals surface area contributed by atoms with Gasteiger partial charge >= 0.3 is 12.1 Å². The number of carbonyl (C=O) groups is 3. The predicted octanol–water partition coefficient (Wildman–Crippen LogP) is 7.90. The number of fused-ring (bicyclic) bond motifs is 1. The summed E-state index contributed by atoms with van der Waals surface area (Å²) in [7, 11) is 1.59. The molecule has 2 aliphatic rings. The SMILES string of the molecule is COc1cc2c(Oc3ccc(NC(=O)c4ccccc4)cc3)ccnc2cc1OC[C@@H]1CCCN1CC[C@H](NC(=O)OC(C)(C)C)C(=O)OC1CCCC1. The van der Waals surface area contributed by atoms with E-state index >= 15 is 0 Å². The zero-order valence-electron chi connectivity index (χ0n) is 31.5. The Morgan fingerprint density at radius 2 is 1.67 bits per heavy atom. The van der Waals surface area contributed by atoms with Gasteiger partial charge in [-0.25, -0.2) is 9.59 Å². The molecule has 1 aliphatic heterocycles. The van der Waals surface area contributed by atoms with Gasteiger partial charge in [0.2, 0.25) is 0 Å². The number of benzene rings is 3. The standard InChI is InChI=1S/C42H50N4O8/c1-42(2,3)54-41(49)45-34(40(48)53-31-14-8-9-15-31)21-24-46-23-10-13-30(46)27-51-38-26-35-33(25-37(38)50-4)36(20-22-43-35)52-32-18-16-29(17-19-32)44-39(47)28-11-6-5-7-12-28/h5-7,11-12,16-20,22,25-26,30-31,34H,8-10,13-15,21,23-24,27H2,1-4H3,(H,44,47)(H,45,49)/t30-,34-/m0/s1. The van der Waals surface area contributed by atoms with Gasteiger partial charge in [-0.05, 0) is 121 Å². The van der Waals surface area contributed by atoms with E-state index in [0.29, 0.717) is 59.3 Å². The lowest BCUT2D eigenvalue weighted by atomic mass is 10.1. The maximum Gasteiger partial charge on any atom is 0.408 e. The number of nitrogens with zero attached hydrogens (tertiary/aromatic N) is 2. The minimum absolute atomic E-state index is 0.0986. The summed E-state index contributed by atoms with van der Waals surface area (Å²) in [5, 5.41) is 6.42.